The fraction of sp³-hybridized carbons (Fsp3) is 0.0250. The Hall–Kier alpha value is -5.87. The van der Waals surface area contributed by atoms with Crippen molar-refractivity contribution >= 4 is 55.3 Å². The Kier molecular flexibility index (Phi) is 6.31. The molecule has 2 aromatic heterocycles. The molecule has 0 bridgehead atoms. The number of allylic oxidation sites excluding steroid dienone is 1. The van der Waals surface area contributed by atoms with E-state index in [1.165, 1.54) is 0 Å². The van der Waals surface area contributed by atoms with Gasteiger partial charge in [0.1, 0.15) is 22.3 Å². The van der Waals surface area contributed by atoms with Gasteiger partial charge in [0, 0.05) is 32.8 Å². The smallest absolute Gasteiger partial charge is 0.136 e. The van der Waals surface area contributed by atoms with E-state index in [-0.39, 0.29) is 0 Å². The SMILES string of the molecule is N/C(=C\C(=NCc1ccccc1)c1ccc2oc3ccc4oc5ccc(-c6ccccc6)cc5c4c3c2c1)c1ccccc1. The summed E-state index contributed by atoms with van der Waals surface area (Å²) in [4.78, 5) is 5.06. The van der Waals surface area contributed by atoms with Crippen LogP contribution in [0.15, 0.2) is 159 Å². The molecule has 4 heteroatoms. The molecule has 44 heavy (non-hydrogen) atoms. The van der Waals surface area contributed by atoms with Gasteiger partial charge in [0.15, 0.2) is 0 Å². The van der Waals surface area contributed by atoms with Crippen LogP contribution < -0.4 is 5.73 Å². The molecule has 0 spiro atoms. The lowest BCUT2D eigenvalue weighted by Crippen LogP contribution is -2.04. The van der Waals surface area contributed by atoms with Gasteiger partial charge in [-0.1, -0.05) is 97.1 Å². The predicted molar refractivity (Wildman–Crippen MR) is 182 cm³/mol. The summed E-state index contributed by atoms with van der Waals surface area (Å²) in [7, 11) is 0. The molecule has 0 amide bonds. The number of furan rings is 2. The van der Waals surface area contributed by atoms with Crippen LogP contribution in [0.1, 0.15) is 16.7 Å². The van der Waals surface area contributed by atoms with Crippen LogP contribution in [0, 0.1) is 0 Å². The maximum absolute atomic E-state index is 6.62. The number of benzene rings is 6. The molecule has 0 radical (unpaired) electrons. The zero-order valence-corrected chi connectivity index (χ0v) is 23.9. The first-order valence-corrected chi connectivity index (χ1v) is 14.7. The lowest BCUT2D eigenvalue weighted by atomic mass is 9.99. The average molecular weight is 569 g/mol. The Bertz CT molecular complexity index is 2350. The summed E-state index contributed by atoms with van der Waals surface area (Å²) >= 11 is 0. The van der Waals surface area contributed by atoms with Crippen LogP contribution >= 0.6 is 0 Å². The largest absolute Gasteiger partial charge is 0.456 e. The van der Waals surface area contributed by atoms with Gasteiger partial charge < -0.3 is 14.6 Å². The van der Waals surface area contributed by atoms with E-state index in [4.69, 9.17) is 19.6 Å². The molecule has 210 valence electrons. The third kappa shape index (κ3) is 4.63. The molecule has 0 saturated heterocycles. The molecule has 2 N–H and O–H groups in total. The molecule has 0 saturated carbocycles. The standard InChI is InChI=1S/C40H28N2O2/c41-33(28-14-8-3-9-15-28)24-34(42-25-26-10-4-1-5-11-26)30-17-19-36-32(23-30)40-38(44-36)21-20-37-39(40)31-22-29(16-18-35(31)43-37)27-12-6-2-7-13-27/h1-24H,25,41H2/b33-24-,42-34?. The van der Waals surface area contributed by atoms with Gasteiger partial charge in [0.2, 0.25) is 0 Å². The van der Waals surface area contributed by atoms with Crippen molar-refractivity contribution in [2.24, 2.45) is 10.7 Å². The van der Waals surface area contributed by atoms with Gasteiger partial charge in [-0.05, 0) is 70.8 Å². The quantitative estimate of drug-likeness (QED) is 0.203. The molecular formula is C40H28N2O2. The second-order valence-electron chi connectivity index (χ2n) is 11.0. The normalized spacial score (nSPS) is 12.5. The number of hydrogen-bond donors (Lipinski definition) is 1. The third-order valence-corrected chi connectivity index (χ3v) is 8.14. The van der Waals surface area contributed by atoms with E-state index in [9.17, 15) is 0 Å². The molecule has 0 aliphatic carbocycles. The summed E-state index contributed by atoms with van der Waals surface area (Å²) in [6, 6.07) is 47.3. The van der Waals surface area contributed by atoms with Gasteiger partial charge in [-0.25, -0.2) is 0 Å². The summed E-state index contributed by atoms with van der Waals surface area (Å²) in [5, 5.41) is 4.15. The minimum Gasteiger partial charge on any atom is -0.456 e. The second-order valence-corrected chi connectivity index (χ2v) is 11.0. The van der Waals surface area contributed by atoms with E-state index in [2.05, 4.69) is 66.7 Å². The topological polar surface area (TPSA) is 64.7 Å². The number of nitrogens with two attached hydrogens (primary N) is 1. The summed E-state index contributed by atoms with van der Waals surface area (Å²) in [5.41, 5.74) is 16.8. The van der Waals surface area contributed by atoms with E-state index >= 15 is 0 Å². The molecule has 0 fully saturated rings. The molecule has 8 rings (SSSR count). The van der Waals surface area contributed by atoms with Crippen LogP contribution in [0.4, 0.5) is 0 Å². The fourth-order valence-corrected chi connectivity index (χ4v) is 5.95. The van der Waals surface area contributed by atoms with Crippen molar-refractivity contribution in [3.63, 3.8) is 0 Å². The number of aliphatic imine (C=N–C) groups is 1. The Balaban J connectivity index is 1.33. The van der Waals surface area contributed by atoms with E-state index in [1.54, 1.807) is 0 Å². The van der Waals surface area contributed by atoms with Crippen LogP contribution in [0.25, 0.3) is 60.7 Å². The van der Waals surface area contributed by atoms with Crippen molar-refractivity contribution in [2.75, 3.05) is 0 Å². The lowest BCUT2D eigenvalue weighted by molar-refractivity contribution is 0.663. The summed E-state index contributed by atoms with van der Waals surface area (Å²) in [5.74, 6) is 0. The Labute approximate surface area is 254 Å². The van der Waals surface area contributed by atoms with Gasteiger partial charge in [0.25, 0.3) is 0 Å². The maximum Gasteiger partial charge on any atom is 0.136 e. The molecule has 0 aliphatic heterocycles. The van der Waals surface area contributed by atoms with Crippen molar-refractivity contribution in [3.8, 4) is 11.1 Å². The second kappa shape index (κ2) is 10.8. The molecule has 6 aromatic carbocycles. The first kappa shape index (κ1) is 25.8. The van der Waals surface area contributed by atoms with Gasteiger partial charge >= 0.3 is 0 Å². The Morgan fingerprint density at radius 3 is 1.80 bits per heavy atom. The number of fused-ring (bicyclic) bond motifs is 7. The van der Waals surface area contributed by atoms with Gasteiger partial charge in [-0.3, -0.25) is 4.99 Å². The predicted octanol–water partition coefficient (Wildman–Crippen LogP) is 10.1. The molecule has 4 nitrogen and oxygen atoms in total. The van der Waals surface area contributed by atoms with E-state index in [0.29, 0.717) is 12.2 Å². The monoisotopic (exact) mass is 568 g/mol. The molecule has 2 heterocycles. The minimum absolute atomic E-state index is 0.539. The molecule has 0 unspecified atom stereocenters. The first-order chi connectivity index (χ1) is 21.7. The highest BCUT2D eigenvalue weighted by atomic mass is 16.3. The maximum atomic E-state index is 6.62. The number of rotatable bonds is 6. The number of nitrogens with zero attached hydrogens (tertiary/aromatic N) is 1. The molecule has 0 aliphatic rings. The van der Waals surface area contributed by atoms with Crippen LogP contribution in [-0.2, 0) is 6.54 Å². The van der Waals surface area contributed by atoms with Crippen molar-refractivity contribution < 1.29 is 8.83 Å². The van der Waals surface area contributed by atoms with E-state index in [0.717, 1.165) is 77.4 Å². The van der Waals surface area contributed by atoms with Crippen molar-refractivity contribution in [1.82, 2.24) is 0 Å². The van der Waals surface area contributed by atoms with E-state index < -0.39 is 0 Å². The van der Waals surface area contributed by atoms with Crippen molar-refractivity contribution in [2.45, 2.75) is 6.54 Å². The number of hydrogen-bond acceptors (Lipinski definition) is 4. The summed E-state index contributed by atoms with van der Waals surface area (Å²) < 4.78 is 12.7. The molecular weight excluding hydrogens is 540 g/mol. The van der Waals surface area contributed by atoms with Crippen LogP contribution in [0.5, 0.6) is 0 Å². The summed E-state index contributed by atoms with van der Waals surface area (Å²) in [6.07, 6.45) is 1.97. The van der Waals surface area contributed by atoms with Gasteiger partial charge in [0.05, 0.1) is 12.3 Å². The van der Waals surface area contributed by atoms with Crippen molar-refractivity contribution in [3.05, 3.63) is 162 Å². The highest BCUT2D eigenvalue weighted by molar-refractivity contribution is 6.27. The lowest BCUT2D eigenvalue weighted by Gasteiger charge is -2.07. The fourth-order valence-electron chi connectivity index (χ4n) is 5.95. The van der Waals surface area contributed by atoms with E-state index in [1.807, 2.05) is 78.9 Å². The molecule has 8 aromatic rings. The highest BCUT2D eigenvalue weighted by Gasteiger charge is 2.18. The van der Waals surface area contributed by atoms with Crippen LogP contribution in [0.3, 0.4) is 0 Å². The average Bonchev–Trinajstić information content (AvgIpc) is 3.65. The van der Waals surface area contributed by atoms with Crippen LogP contribution in [-0.4, -0.2) is 5.71 Å². The van der Waals surface area contributed by atoms with Crippen molar-refractivity contribution in [1.29, 1.82) is 0 Å². The first-order valence-electron chi connectivity index (χ1n) is 14.7. The van der Waals surface area contributed by atoms with Gasteiger partial charge in [-0.15, -0.1) is 0 Å². The van der Waals surface area contributed by atoms with Crippen LogP contribution in [0.2, 0.25) is 0 Å². The van der Waals surface area contributed by atoms with Gasteiger partial charge in [-0.2, -0.15) is 0 Å². The Morgan fingerprint density at radius 2 is 1.11 bits per heavy atom. The minimum atomic E-state index is 0.539. The third-order valence-electron chi connectivity index (χ3n) is 8.14. The highest BCUT2D eigenvalue weighted by Crippen LogP contribution is 2.41. The zero-order valence-electron chi connectivity index (χ0n) is 23.9. The zero-order chi connectivity index (χ0) is 29.5. The molecule has 0 atom stereocenters. The summed E-state index contributed by atoms with van der Waals surface area (Å²) in [6.45, 7) is 0.539. The Morgan fingerprint density at radius 1 is 0.545 bits per heavy atom.